The fourth-order valence-electron chi connectivity index (χ4n) is 5.86. The minimum Gasteiger partial charge on any atom is -0.508 e. The average Bonchev–Trinajstić information content (AvgIpc) is 2.49. The van der Waals surface area contributed by atoms with Crippen LogP contribution in [-0.2, 0) is 11.3 Å². The summed E-state index contributed by atoms with van der Waals surface area (Å²) in [6.07, 6.45) is 6.49. The van der Waals surface area contributed by atoms with Gasteiger partial charge in [0.2, 0.25) is 5.91 Å². The number of carbonyl (C=O) groups is 1. The molecule has 24 heavy (non-hydrogen) atoms. The third-order valence-corrected chi connectivity index (χ3v) is 6.63. The standard InChI is InChI=1S/C19H26N2O3/c1-11-3-16(22)9-17(23)21(11)10-18(24)20(2)19-14-5-12-4-13(7-14)8-15(19)6-12/h3,9,12-15,19,22H,4-8,10H2,1-2H3. The van der Waals surface area contributed by atoms with Crippen molar-refractivity contribution in [1.29, 1.82) is 0 Å². The van der Waals surface area contributed by atoms with Crippen LogP contribution >= 0.6 is 0 Å². The van der Waals surface area contributed by atoms with Gasteiger partial charge in [0.05, 0.1) is 0 Å². The van der Waals surface area contributed by atoms with E-state index in [1.165, 1.54) is 48.8 Å². The predicted octanol–water partition coefficient (Wildman–Crippen LogP) is 2.15. The Hall–Kier alpha value is -1.78. The Labute approximate surface area is 142 Å². The number of aromatic hydroxyl groups is 1. The first kappa shape index (κ1) is 15.7. The van der Waals surface area contributed by atoms with E-state index in [-0.39, 0.29) is 23.8 Å². The molecule has 130 valence electrons. The zero-order valence-electron chi connectivity index (χ0n) is 14.4. The number of likely N-dealkylation sites (N-methyl/N-ethyl adjacent to an activating group) is 1. The summed E-state index contributed by atoms with van der Waals surface area (Å²) in [6.45, 7) is 1.81. The van der Waals surface area contributed by atoms with E-state index in [0.29, 0.717) is 23.6 Å². The van der Waals surface area contributed by atoms with Gasteiger partial charge in [-0.1, -0.05) is 0 Å². The fourth-order valence-corrected chi connectivity index (χ4v) is 5.86. The zero-order valence-corrected chi connectivity index (χ0v) is 14.4. The minimum absolute atomic E-state index is 0.00311. The molecule has 0 spiro atoms. The van der Waals surface area contributed by atoms with Gasteiger partial charge in [0.25, 0.3) is 5.56 Å². The van der Waals surface area contributed by atoms with Crippen LogP contribution in [0, 0.1) is 30.6 Å². The Morgan fingerprint density at radius 1 is 1.17 bits per heavy atom. The van der Waals surface area contributed by atoms with Crippen LogP contribution in [0.1, 0.15) is 37.8 Å². The Balaban J connectivity index is 1.52. The molecule has 1 aromatic heterocycles. The summed E-state index contributed by atoms with van der Waals surface area (Å²) in [7, 11) is 1.91. The van der Waals surface area contributed by atoms with Crippen molar-refractivity contribution in [1.82, 2.24) is 9.47 Å². The van der Waals surface area contributed by atoms with E-state index in [1.54, 1.807) is 6.92 Å². The molecule has 1 N–H and O–H groups in total. The van der Waals surface area contributed by atoms with Crippen LogP contribution in [0.5, 0.6) is 5.75 Å². The molecular formula is C19H26N2O3. The quantitative estimate of drug-likeness (QED) is 0.924. The number of rotatable bonds is 3. The normalized spacial score (nSPS) is 33.7. The van der Waals surface area contributed by atoms with Crippen molar-refractivity contribution in [2.24, 2.45) is 23.7 Å². The van der Waals surface area contributed by atoms with Crippen LogP contribution < -0.4 is 5.56 Å². The fraction of sp³-hybridized carbons (Fsp3) is 0.684. The summed E-state index contributed by atoms with van der Waals surface area (Å²) < 4.78 is 1.45. The van der Waals surface area contributed by atoms with Crippen LogP contribution in [0.4, 0.5) is 0 Å². The van der Waals surface area contributed by atoms with Crippen molar-refractivity contribution < 1.29 is 9.90 Å². The third-order valence-electron chi connectivity index (χ3n) is 6.63. The van der Waals surface area contributed by atoms with Gasteiger partial charge in [0, 0.05) is 24.8 Å². The summed E-state index contributed by atoms with van der Waals surface area (Å²) in [5, 5.41) is 9.49. The van der Waals surface area contributed by atoms with Gasteiger partial charge in [0.15, 0.2) is 0 Å². The number of pyridine rings is 1. The van der Waals surface area contributed by atoms with Gasteiger partial charge in [-0.05, 0) is 68.8 Å². The molecule has 0 aliphatic heterocycles. The van der Waals surface area contributed by atoms with Crippen LogP contribution in [0.15, 0.2) is 16.9 Å². The number of hydrogen-bond donors (Lipinski definition) is 1. The first-order valence-corrected chi connectivity index (χ1v) is 9.08. The lowest BCUT2D eigenvalue weighted by Crippen LogP contribution is -2.56. The topological polar surface area (TPSA) is 62.5 Å². The molecule has 4 aliphatic rings. The molecule has 4 aliphatic carbocycles. The van der Waals surface area contributed by atoms with Crippen molar-refractivity contribution in [3.05, 3.63) is 28.2 Å². The Bertz CT molecular complexity index is 696. The Kier molecular flexibility index (Phi) is 3.70. The number of aromatic nitrogens is 1. The number of hydrogen-bond acceptors (Lipinski definition) is 3. The third kappa shape index (κ3) is 2.54. The van der Waals surface area contributed by atoms with Crippen LogP contribution in [-0.4, -0.2) is 33.6 Å². The number of amides is 1. The maximum atomic E-state index is 12.8. The average molecular weight is 330 g/mol. The van der Waals surface area contributed by atoms with E-state index < -0.39 is 0 Å². The molecule has 5 heteroatoms. The minimum atomic E-state index is -0.320. The molecule has 0 unspecified atom stereocenters. The molecule has 0 saturated heterocycles. The van der Waals surface area contributed by atoms with Gasteiger partial charge < -0.3 is 14.6 Å². The van der Waals surface area contributed by atoms with E-state index in [9.17, 15) is 14.7 Å². The lowest BCUT2D eigenvalue weighted by atomic mass is 9.54. The maximum Gasteiger partial charge on any atom is 0.254 e. The monoisotopic (exact) mass is 330 g/mol. The van der Waals surface area contributed by atoms with E-state index >= 15 is 0 Å². The first-order chi connectivity index (χ1) is 11.4. The van der Waals surface area contributed by atoms with Gasteiger partial charge >= 0.3 is 0 Å². The lowest BCUT2D eigenvalue weighted by molar-refractivity contribution is -0.141. The SMILES string of the molecule is Cc1cc(O)cc(=O)n1CC(=O)N(C)C1C2CC3CC(C2)CC1C3. The highest BCUT2D eigenvalue weighted by molar-refractivity contribution is 5.76. The second-order valence-electron chi connectivity index (χ2n) is 8.21. The molecular weight excluding hydrogens is 304 g/mol. The molecule has 5 nitrogen and oxygen atoms in total. The van der Waals surface area contributed by atoms with Crippen molar-refractivity contribution >= 4 is 5.91 Å². The molecule has 0 radical (unpaired) electrons. The zero-order chi connectivity index (χ0) is 17.0. The molecule has 1 aromatic rings. The molecule has 0 aromatic carbocycles. The molecule has 4 saturated carbocycles. The summed E-state index contributed by atoms with van der Waals surface area (Å²) >= 11 is 0. The first-order valence-electron chi connectivity index (χ1n) is 9.08. The highest BCUT2D eigenvalue weighted by atomic mass is 16.3. The van der Waals surface area contributed by atoms with E-state index in [4.69, 9.17) is 0 Å². The Morgan fingerprint density at radius 3 is 2.29 bits per heavy atom. The van der Waals surface area contributed by atoms with Gasteiger partial charge in [-0.3, -0.25) is 9.59 Å². The summed E-state index contributed by atoms with van der Waals surface area (Å²) in [5.74, 6) is 3.02. The molecule has 1 amide bonds. The highest BCUT2D eigenvalue weighted by Crippen LogP contribution is 2.54. The Morgan fingerprint density at radius 2 is 1.75 bits per heavy atom. The molecule has 4 bridgehead atoms. The maximum absolute atomic E-state index is 12.8. The van der Waals surface area contributed by atoms with Gasteiger partial charge in [-0.15, -0.1) is 0 Å². The van der Waals surface area contributed by atoms with Crippen molar-refractivity contribution in [3.8, 4) is 5.75 Å². The molecule has 5 rings (SSSR count). The van der Waals surface area contributed by atoms with Crippen molar-refractivity contribution in [2.45, 2.75) is 51.6 Å². The van der Waals surface area contributed by atoms with Gasteiger partial charge in [-0.25, -0.2) is 0 Å². The molecule has 0 atom stereocenters. The van der Waals surface area contributed by atoms with Crippen LogP contribution in [0.25, 0.3) is 0 Å². The van der Waals surface area contributed by atoms with Crippen molar-refractivity contribution in [3.63, 3.8) is 0 Å². The number of nitrogens with zero attached hydrogens (tertiary/aromatic N) is 2. The predicted molar refractivity (Wildman–Crippen MR) is 90.7 cm³/mol. The van der Waals surface area contributed by atoms with Gasteiger partial charge in [-0.2, -0.15) is 0 Å². The summed E-state index contributed by atoms with van der Waals surface area (Å²) in [5.41, 5.74) is 0.297. The smallest absolute Gasteiger partial charge is 0.254 e. The largest absolute Gasteiger partial charge is 0.508 e. The molecule has 1 heterocycles. The van der Waals surface area contributed by atoms with Crippen LogP contribution in [0.3, 0.4) is 0 Å². The van der Waals surface area contributed by atoms with Gasteiger partial charge in [0.1, 0.15) is 12.3 Å². The number of aryl methyl sites for hydroxylation is 1. The summed E-state index contributed by atoms with van der Waals surface area (Å²) in [4.78, 5) is 26.8. The summed E-state index contributed by atoms with van der Waals surface area (Å²) in [6, 6.07) is 3.04. The second kappa shape index (κ2) is 5.64. The van der Waals surface area contributed by atoms with E-state index in [0.717, 1.165) is 11.8 Å². The van der Waals surface area contributed by atoms with E-state index in [1.807, 2.05) is 11.9 Å². The highest BCUT2D eigenvalue weighted by Gasteiger charge is 2.50. The van der Waals surface area contributed by atoms with E-state index in [2.05, 4.69) is 0 Å². The number of carbonyl (C=O) groups excluding carboxylic acids is 1. The molecule has 4 fully saturated rings. The van der Waals surface area contributed by atoms with Crippen LogP contribution in [0.2, 0.25) is 0 Å². The lowest BCUT2D eigenvalue weighted by Gasteiger charge is -2.56. The second-order valence-corrected chi connectivity index (χ2v) is 8.21. The van der Waals surface area contributed by atoms with Crippen molar-refractivity contribution in [2.75, 3.05) is 7.05 Å².